The van der Waals surface area contributed by atoms with E-state index in [1.807, 2.05) is 6.92 Å². The van der Waals surface area contributed by atoms with Gasteiger partial charge in [0.1, 0.15) is 0 Å². The van der Waals surface area contributed by atoms with Crippen LogP contribution in [0.25, 0.3) is 0 Å². The SMILES string of the molecule is CCOC(N)=S.CCOC=O.NC(=O)S. The Labute approximate surface area is 99.7 Å². The van der Waals surface area contributed by atoms with Gasteiger partial charge in [0.2, 0.25) is 0 Å². The number of hydrogen-bond donors (Lipinski definition) is 3. The molecule has 0 saturated carbocycles. The van der Waals surface area contributed by atoms with Crippen molar-refractivity contribution in [3.8, 4) is 0 Å². The van der Waals surface area contributed by atoms with Crippen LogP contribution in [0.5, 0.6) is 0 Å². The Balaban J connectivity index is -0.000000147. The van der Waals surface area contributed by atoms with Gasteiger partial charge in [0.25, 0.3) is 16.9 Å². The van der Waals surface area contributed by atoms with Gasteiger partial charge < -0.3 is 20.9 Å². The molecule has 6 nitrogen and oxygen atoms in total. The first kappa shape index (κ1) is 19.5. The van der Waals surface area contributed by atoms with Crippen LogP contribution in [0, 0.1) is 0 Å². The molecule has 0 bridgehead atoms. The largest absolute Gasteiger partial charge is 0.472 e. The number of nitrogens with two attached hydrogens (primary N) is 2. The molecule has 0 rings (SSSR count). The smallest absolute Gasteiger partial charge is 0.293 e. The van der Waals surface area contributed by atoms with E-state index in [2.05, 4.69) is 40.1 Å². The van der Waals surface area contributed by atoms with Crippen LogP contribution < -0.4 is 11.5 Å². The summed E-state index contributed by atoms with van der Waals surface area (Å²) in [5.41, 5.74) is 9.25. The van der Waals surface area contributed by atoms with Gasteiger partial charge in [-0.2, -0.15) is 0 Å². The van der Waals surface area contributed by atoms with E-state index in [1.54, 1.807) is 6.92 Å². The molecule has 0 saturated heterocycles. The molecule has 0 atom stereocenters. The normalized spacial score (nSPS) is 6.87. The summed E-state index contributed by atoms with van der Waals surface area (Å²) >= 11 is 7.46. The van der Waals surface area contributed by atoms with Gasteiger partial charge in [0.05, 0.1) is 13.2 Å². The molecule has 0 aliphatic rings. The minimum Gasteiger partial charge on any atom is -0.472 e. The molecule has 0 radical (unpaired) electrons. The van der Waals surface area contributed by atoms with E-state index in [1.165, 1.54) is 0 Å². The minimum atomic E-state index is -0.639. The molecule has 0 heterocycles. The number of thiol groups is 1. The molecular formula is C7H16N2O4S2. The average Bonchev–Trinajstić information content (AvgIpc) is 2.05. The molecule has 0 spiro atoms. The van der Waals surface area contributed by atoms with E-state index in [4.69, 9.17) is 10.5 Å². The van der Waals surface area contributed by atoms with Crippen molar-refractivity contribution in [3.05, 3.63) is 0 Å². The molecular weight excluding hydrogens is 240 g/mol. The number of amides is 1. The molecule has 1 amide bonds. The van der Waals surface area contributed by atoms with Gasteiger partial charge in [-0.05, 0) is 26.1 Å². The van der Waals surface area contributed by atoms with E-state index in [0.717, 1.165) is 0 Å². The van der Waals surface area contributed by atoms with Crippen molar-refractivity contribution in [1.29, 1.82) is 0 Å². The number of carbonyl (C=O) groups excluding carboxylic acids is 2. The lowest BCUT2D eigenvalue weighted by Crippen LogP contribution is -2.11. The van der Waals surface area contributed by atoms with Crippen LogP contribution in [0.4, 0.5) is 4.79 Å². The van der Waals surface area contributed by atoms with Crippen LogP contribution in [-0.2, 0) is 14.3 Å². The van der Waals surface area contributed by atoms with Crippen molar-refractivity contribution < 1.29 is 19.1 Å². The van der Waals surface area contributed by atoms with E-state index >= 15 is 0 Å². The fraction of sp³-hybridized carbons (Fsp3) is 0.571. The van der Waals surface area contributed by atoms with Crippen molar-refractivity contribution in [2.45, 2.75) is 13.8 Å². The maximum Gasteiger partial charge on any atom is 0.293 e. The fourth-order valence-electron chi connectivity index (χ4n) is 0.210. The lowest BCUT2D eigenvalue weighted by atomic mass is 10.9. The quantitative estimate of drug-likeness (QED) is 0.384. The molecule has 4 N–H and O–H groups in total. The zero-order valence-electron chi connectivity index (χ0n) is 8.63. The standard InChI is InChI=1S/C3H7NOS.C3H6O2.CH3NOS/c1-2-5-3(4)6;1-2-5-3-4;2-1(3)4/h2H2,1H3,(H2,4,6);3H,2H2,1H3;(H3,2,3,4). The average molecular weight is 256 g/mol. The number of carbonyl (C=O) groups is 2. The number of primary amides is 1. The summed E-state index contributed by atoms with van der Waals surface area (Å²) in [4.78, 5) is 18.3. The maximum absolute atomic E-state index is 9.18. The van der Waals surface area contributed by atoms with Crippen LogP contribution in [-0.4, -0.2) is 30.1 Å². The van der Waals surface area contributed by atoms with Crippen LogP contribution in [0.3, 0.4) is 0 Å². The van der Waals surface area contributed by atoms with Gasteiger partial charge in [-0.3, -0.25) is 9.59 Å². The van der Waals surface area contributed by atoms with Crippen molar-refractivity contribution >= 4 is 41.7 Å². The molecule has 8 heteroatoms. The summed E-state index contributed by atoms with van der Waals surface area (Å²) < 4.78 is 8.70. The number of thiocarbonyl (C=S) groups is 1. The first-order chi connectivity index (χ1) is 6.92. The highest BCUT2D eigenvalue weighted by Crippen LogP contribution is 1.67. The lowest BCUT2D eigenvalue weighted by molar-refractivity contribution is -0.128. The Bertz CT molecular complexity index is 174. The summed E-state index contributed by atoms with van der Waals surface area (Å²) in [5, 5.41) is -0.516. The highest BCUT2D eigenvalue weighted by Gasteiger charge is 1.76. The van der Waals surface area contributed by atoms with Gasteiger partial charge in [0, 0.05) is 0 Å². The first-order valence-electron chi connectivity index (χ1n) is 3.88. The van der Waals surface area contributed by atoms with Crippen LogP contribution in [0.15, 0.2) is 0 Å². The van der Waals surface area contributed by atoms with E-state index in [-0.39, 0.29) is 5.17 Å². The summed E-state index contributed by atoms with van der Waals surface area (Å²) in [6.45, 7) is 5.06. The molecule has 0 fully saturated rings. The van der Waals surface area contributed by atoms with Crippen molar-refractivity contribution in [3.63, 3.8) is 0 Å². The summed E-state index contributed by atoms with van der Waals surface area (Å²) in [6, 6.07) is 0. The summed E-state index contributed by atoms with van der Waals surface area (Å²) in [5.74, 6) is 0. The Hall–Kier alpha value is -1.02. The molecule has 0 aliphatic carbocycles. The van der Waals surface area contributed by atoms with Gasteiger partial charge in [-0.25, -0.2) is 0 Å². The van der Waals surface area contributed by atoms with E-state index in [9.17, 15) is 4.79 Å². The third-order valence-corrected chi connectivity index (χ3v) is 0.639. The first-order valence-corrected chi connectivity index (χ1v) is 4.73. The molecule has 0 aromatic carbocycles. The molecule has 0 aromatic rings. The predicted molar refractivity (Wildman–Crippen MR) is 64.7 cm³/mol. The van der Waals surface area contributed by atoms with Crippen molar-refractivity contribution in [1.82, 2.24) is 0 Å². The van der Waals surface area contributed by atoms with Crippen LogP contribution in [0.1, 0.15) is 13.8 Å². The predicted octanol–water partition coefficient (Wildman–Crippen LogP) is 0.441. The summed E-state index contributed by atoms with van der Waals surface area (Å²) in [7, 11) is 0. The second-order valence-electron chi connectivity index (χ2n) is 1.64. The Morgan fingerprint density at radius 2 is 1.80 bits per heavy atom. The Kier molecular flexibility index (Phi) is 24.4. The fourth-order valence-corrected chi connectivity index (χ4v) is 0.328. The molecule has 0 aliphatic heterocycles. The van der Waals surface area contributed by atoms with Gasteiger partial charge in [-0.1, -0.05) is 12.6 Å². The van der Waals surface area contributed by atoms with E-state index < -0.39 is 5.24 Å². The van der Waals surface area contributed by atoms with Gasteiger partial charge in [-0.15, -0.1) is 0 Å². The monoisotopic (exact) mass is 256 g/mol. The zero-order valence-corrected chi connectivity index (χ0v) is 10.3. The van der Waals surface area contributed by atoms with Gasteiger partial charge >= 0.3 is 0 Å². The molecule has 0 unspecified atom stereocenters. The lowest BCUT2D eigenvalue weighted by Gasteiger charge is -1.93. The minimum absolute atomic E-state index is 0.123. The van der Waals surface area contributed by atoms with E-state index in [0.29, 0.717) is 19.7 Å². The highest BCUT2D eigenvalue weighted by atomic mass is 32.1. The molecule has 0 aromatic heterocycles. The topological polar surface area (TPSA) is 105 Å². The molecule has 15 heavy (non-hydrogen) atoms. The number of rotatable bonds is 3. The number of ether oxygens (including phenoxy) is 2. The van der Waals surface area contributed by atoms with Gasteiger partial charge in [0.15, 0.2) is 0 Å². The second kappa shape index (κ2) is 18.7. The number of hydrogen-bond acceptors (Lipinski definition) is 5. The van der Waals surface area contributed by atoms with Crippen molar-refractivity contribution in [2.24, 2.45) is 11.5 Å². The molecule has 90 valence electrons. The van der Waals surface area contributed by atoms with Crippen molar-refractivity contribution in [2.75, 3.05) is 13.2 Å². The third-order valence-electron chi connectivity index (χ3n) is 0.521. The Morgan fingerprint density at radius 3 is 1.80 bits per heavy atom. The van der Waals surface area contributed by atoms with Crippen LogP contribution in [0.2, 0.25) is 0 Å². The highest BCUT2D eigenvalue weighted by molar-refractivity contribution is 7.96. The Morgan fingerprint density at radius 1 is 1.40 bits per heavy atom. The summed E-state index contributed by atoms with van der Waals surface area (Å²) in [6.07, 6.45) is 0. The maximum atomic E-state index is 9.18. The zero-order chi connectivity index (χ0) is 12.7. The second-order valence-corrected chi connectivity index (χ2v) is 2.48. The van der Waals surface area contributed by atoms with Crippen LogP contribution >= 0.6 is 24.8 Å². The third kappa shape index (κ3) is 98.8.